The molecule has 0 unspecified atom stereocenters. The van der Waals surface area contributed by atoms with Gasteiger partial charge in [0.25, 0.3) is 0 Å². The highest BCUT2D eigenvalue weighted by molar-refractivity contribution is 6.72. The van der Waals surface area contributed by atoms with Crippen LogP contribution in [-0.2, 0) is 0 Å². The molecule has 0 N–H and O–H groups in total. The molecule has 0 fully saturated rings. The number of hydrogen-bond donors (Lipinski definition) is 0. The summed E-state index contributed by atoms with van der Waals surface area (Å²) in [4.78, 5) is 0. The van der Waals surface area contributed by atoms with Gasteiger partial charge in [-0.2, -0.15) is 0 Å². The van der Waals surface area contributed by atoms with Gasteiger partial charge in [0.15, 0.2) is 0 Å². The fourth-order valence-corrected chi connectivity index (χ4v) is 2.61. The maximum atomic E-state index is 4.17. The molecule has 0 aliphatic rings. The molecule has 2 radical (unpaired) electrons. The van der Waals surface area contributed by atoms with Gasteiger partial charge in [-0.25, -0.2) is 0 Å². The number of aryl methyl sites for hydroxylation is 1. The molecule has 1 heteroatoms. The van der Waals surface area contributed by atoms with Gasteiger partial charge in [-0.05, 0) is 12.5 Å². The van der Waals surface area contributed by atoms with Gasteiger partial charge >= 0.3 is 0 Å². The Morgan fingerprint density at radius 3 is 2.44 bits per heavy atom. The van der Waals surface area contributed by atoms with Crippen LogP contribution in [0.5, 0.6) is 0 Å². The van der Waals surface area contributed by atoms with E-state index in [1.807, 2.05) is 6.07 Å². The molecular weight excluding hydrogens is 208 g/mol. The topological polar surface area (TPSA) is 0 Å². The molecule has 16 heavy (non-hydrogen) atoms. The van der Waals surface area contributed by atoms with Crippen LogP contribution in [0.4, 0.5) is 0 Å². The molecule has 2 aromatic carbocycles. The van der Waals surface area contributed by atoms with E-state index in [0.29, 0.717) is 9.52 Å². The van der Waals surface area contributed by atoms with E-state index in [0.717, 1.165) is 0 Å². The molecule has 0 bridgehead atoms. The molecule has 0 saturated carbocycles. The Morgan fingerprint density at radius 1 is 1.00 bits per heavy atom. The fraction of sp³-hybridized carbons (Fsp3) is 0.0667. The molecule has 78 valence electrons. The van der Waals surface area contributed by atoms with Crippen LogP contribution in [0.15, 0.2) is 61.2 Å². The summed E-state index contributed by atoms with van der Waals surface area (Å²) in [6, 6.07) is 19.0. The molecule has 0 aliphatic heterocycles. The molecule has 0 nitrogen and oxygen atoms in total. The highest BCUT2D eigenvalue weighted by atomic mass is 28.2. The van der Waals surface area contributed by atoms with Gasteiger partial charge in [0, 0.05) is 0 Å². The predicted octanol–water partition coefficient (Wildman–Crippen LogP) is 3.00. The third-order valence-electron chi connectivity index (χ3n) is 2.44. The fourth-order valence-electron chi connectivity index (χ4n) is 1.60. The smallest absolute Gasteiger partial charge is 0.0993 e. The maximum absolute atomic E-state index is 4.17. The van der Waals surface area contributed by atoms with Crippen molar-refractivity contribution in [3.63, 3.8) is 0 Å². The first kappa shape index (κ1) is 10.9. The first-order chi connectivity index (χ1) is 7.75. The van der Waals surface area contributed by atoms with Crippen molar-refractivity contribution in [2.45, 2.75) is 6.92 Å². The quantitative estimate of drug-likeness (QED) is 0.700. The highest BCUT2D eigenvalue weighted by Crippen LogP contribution is 2.12. The Kier molecular flexibility index (Phi) is 3.37. The second kappa shape index (κ2) is 4.95. The van der Waals surface area contributed by atoms with E-state index in [-0.39, 0.29) is 0 Å². The average Bonchev–Trinajstić information content (AvgIpc) is 2.30. The molecule has 0 atom stereocenters. The zero-order valence-electron chi connectivity index (χ0n) is 9.40. The summed E-state index contributed by atoms with van der Waals surface area (Å²) in [6.07, 6.45) is 0. The minimum Gasteiger partial charge on any atom is -0.0993 e. The molecule has 0 saturated heterocycles. The highest BCUT2D eigenvalue weighted by Gasteiger charge is 2.01. The Labute approximate surface area is 99.5 Å². The molecule has 0 heterocycles. The first-order valence-electron chi connectivity index (χ1n) is 5.34. The van der Waals surface area contributed by atoms with E-state index in [1.165, 1.54) is 21.5 Å². The molecule has 0 aliphatic carbocycles. The Morgan fingerprint density at radius 2 is 1.75 bits per heavy atom. The normalized spacial score (nSPS) is 10.1. The van der Waals surface area contributed by atoms with Crippen LogP contribution >= 0.6 is 0 Å². The van der Waals surface area contributed by atoms with Gasteiger partial charge in [0.1, 0.15) is 9.52 Å². The Hall–Kier alpha value is -1.60. The maximum Gasteiger partial charge on any atom is 0.121 e. The van der Waals surface area contributed by atoms with Crippen LogP contribution < -0.4 is 5.19 Å². The monoisotopic (exact) mass is 222 g/mol. The number of hydrogen-bond acceptors (Lipinski definition) is 0. The van der Waals surface area contributed by atoms with Crippen molar-refractivity contribution in [2.24, 2.45) is 0 Å². The second-order valence-corrected chi connectivity index (χ2v) is 5.27. The summed E-state index contributed by atoms with van der Waals surface area (Å²) < 4.78 is 0. The van der Waals surface area contributed by atoms with Crippen molar-refractivity contribution in [1.29, 1.82) is 0 Å². The Bertz CT molecular complexity index is 486. The van der Waals surface area contributed by atoms with E-state index in [2.05, 4.69) is 62.0 Å². The van der Waals surface area contributed by atoms with E-state index in [9.17, 15) is 0 Å². The lowest BCUT2D eigenvalue weighted by Gasteiger charge is -2.05. The van der Waals surface area contributed by atoms with Gasteiger partial charge < -0.3 is 0 Å². The van der Waals surface area contributed by atoms with Crippen molar-refractivity contribution in [1.82, 2.24) is 0 Å². The summed E-state index contributed by atoms with van der Waals surface area (Å²) in [6.45, 7) is 6.29. The van der Waals surface area contributed by atoms with E-state index < -0.39 is 0 Å². The molecule has 0 amide bonds. The minimum atomic E-state index is 0.658. The third kappa shape index (κ3) is 2.71. The third-order valence-corrected chi connectivity index (χ3v) is 3.65. The molecular formula is C15H14Si. The van der Waals surface area contributed by atoms with Crippen molar-refractivity contribution in [3.05, 3.63) is 72.3 Å². The van der Waals surface area contributed by atoms with E-state index >= 15 is 0 Å². The molecule has 0 aromatic heterocycles. The summed E-state index contributed by atoms with van der Waals surface area (Å²) in [5.74, 6) is 0. The number of rotatable bonds is 3. The summed E-state index contributed by atoms with van der Waals surface area (Å²) in [5.41, 5.74) is 2.54. The first-order valence-corrected chi connectivity index (χ1v) is 6.34. The predicted molar refractivity (Wildman–Crippen MR) is 72.0 cm³/mol. The summed E-state index contributed by atoms with van der Waals surface area (Å²) in [7, 11) is 0.658. The van der Waals surface area contributed by atoms with Crippen LogP contribution in [0.3, 0.4) is 0 Å². The van der Waals surface area contributed by atoms with Crippen LogP contribution in [0.1, 0.15) is 11.1 Å². The minimum absolute atomic E-state index is 0.658. The van der Waals surface area contributed by atoms with Gasteiger partial charge in [-0.1, -0.05) is 77.1 Å². The molecule has 0 spiro atoms. The number of benzene rings is 2. The molecule has 2 rings (SSSR count). The lowest BCUT2D eigenvalue weighted by atomic mass is 10.1. The van der Waals surface area contributed by atoms with Crippen molar-refractivity contribution >= 4 is 19.9 Å². The zero-order valence-corrected chi connectivity index (χ0v) is 10.4. The van der Waals surface area contributed by atoms with Crippen LogP contribution in [0.25, 0.3) is 5.20 Å². The SMILES string of the molecule is C=C([Si]c1ccccc1)c1cccc(C)c1. The standard InChI is InChI=1S/C15H14Si/c1-12-7-6-8-14(11-12)13(2)16-15-9-4-3-5-10-15/h3-11H,2H2,1H3. The van der Waals surface area contributed by atoms with Crippen LogP contribution in [0.2, 0.25) is 0 Å². The zero-order chi connectivity index (χ0) is 11.4. The van der Waals surface area contributed by atoms with Gasteiger partial charge in [-0.3, -0.25) is 0 Å². The Balaban J connectivity index is 2.15. The summed E-state index contributed by atoms with van der Waals surface area (Å²) in [5, 5.41) is 2.55. The van der Waals surface area contributed by atoms with Gasteiger partial charge in [0.05, 0.1) is 0 Å². The van der Waals surface area contributed by atoms with Crippen molar-refractivity contribution in [2.75, 3.05) is 0 Å². The van der Waals surface area contributed by atoms with E-state index in [1.54, 1.807) is 0 Å². The second-order valence-electron chi connectivity index (χ2n) is 3.84. The van der Waals surface area contributed by atoms with Gasteiger partial charge in [0.2, 0.25) is 0 Å². The van der Waals surface area contributed by atoms with Crippen LogP contribution in [0, 0.1) is 6.92 Å². The summed E-state index contributed by atoms with van der Waals surface area (Å²) >= 11 is 0. The van der Waals surface area contributed by atoms with Crippen molar-refractivity contribution in [3.8, 4) is 0 Å². The largest absolute Gasteiger partial charge is 0.121 e. The van der Waals surface area contributed by atoms with E-state index in [4.69, 9.17) is 0 Å². The van der Waals surface area contributed by atoms with Gasteiger partial charge in [-0.15, -0.1) is 0 Å². The average molecular weight is 222 g/mol. The lowest BCUT2D eigenvalue weighted by molar-refractivity contribution is 1.46. The van der Waals surface area contributed by atoms with Crippen molar-refractivity contribution < 1.29 is 0 Å². The molecule has 2 aromatic rings. The lowest BCUT2D eigenvalue weighted by Crippen LogP contribution is -2.14. The van der Waals surface area contributed by atoms with Crippen LogP contribution in [-0.4, -0.2) is 9.52 Å².